The summed E-state index contributed by atoms with van der Waals surface area (Å²) in [6, 6.07) is 8.35. The Labute approximate surface area is 118 Å². The fourth-order valence-corrected chi connectivity index (χ4v) is 2.36. The Hall–Kier alpha value is -1.94. The molecule has 0 aliphatic rings. The number of pyridine rings is 1. The number of nitrogens with zero attached hydrogens (tertiary/aromatic N) is 2. The zero-order valence-corrected chi connectivity index (χ0v) is 12.0. The van der Waals surface area contributed by atoms with E-state index in [1.807, 2.05) is 37.8 Å². The largest absolute Gasteiger partial charge is 0.392 e. The second kappa shape index (κ2) is 6.01. The predicted molar refractivity (Wildman–Crippen MR) is 78.7 cm³/mol. The molecule has 0 aliphatic carbocycles. The van der Waals surface area contributed by atoms with Crippen LogP contribution >= 0.6 is 0 Å². The lowest BCUT2D eigenvalue weighted by Gasteiger charge is -2.25. The van der Waals surface area contributed by atoms with Crippen LogP contribution in [-0.4, -0.2) is 16.6 Å². The van der Waals surface area contributed by atoms with E-state index in [-0.39, 0.29) is 12.4 Å². The highest BCUT2D eigenvalue weighted by atomic mass is 19.1. The second-order valence-corrected chi connectivity index (χ2v) is 4.76. The minimum Gasteiger partial charge on any atom is -0.392 e. The van der Waals surface area contributed by atoms with Gasteiger partial charge in [0.15, 0.2) is 0 Å². The highest BCUT2D eigenvalue weighted by Gasteiger charge is 2.16. The van der Waals surface area contributed by atoms with Gasteiger partial charge in [-0.05, 0) is 50.6 Å². The zero-order valence-electron chi connectivity index (χ0n) is 12.0. The van der Waals surface area contributed by atoms with Crippen molar-refractivity contribution in [2.24, 2.45) is 0 Å². The number of aromatic nitrogens is 1. The van der Waals surface area contributed by atoms with Crippen molar-refractivity contribution in [2.75, 3.05) is 11.4 Å². The number of aliphatic hydroxyl groups is 1. The maximum atomic E-state index is 13.4. The summed E-state index contributed by atoms with van der Waals surface area (Å²) < 4.78 is 13.4. The first kappa shape index (κ1) is 14.5. The van der Waals surface area contributed by atoms with Crippen LogP contribution in [0.5, 0.6) is 0 Å². The van der Waals surface area contributed by atoms with Gasteiger partial charge in [0.2, 0.25) is 0 Å². The average molecular weight is 274 g/mol. The molecule has 1 aromatic heterocycles. The standard InChI is InChI=1S/C16H19FN2O/c1-4-19(14-7-5-6-13(17)9-14)16-15(10-20)11(2)8-12(3)18-16/h5-9,20H,4,10H2,1-3H3. The second-order valence-electron chi connectivity index (χ2n) is 4.76. The molecule has 0 fully saturated rings. The third kappa shape index (κ3) is 2.80. The van der Waals surface area contributed by atoms with E-state index in [1.54, 1.807) is 6.07 Å². The van der Waals surface area contributed by atoms with Crippen molar-refractivity contribution >= 4 is 11.5 Å². The first-order chi connectivity index (χ1) is 9.56. The molecule has 0 atom stereocenters. The maximum absolute atomic E-state index is 13.4. The summed E-state index contributed by atoms with van der Waals surface area (Å²) in [4.78, 5) is 6.44. The van der Waals surface area contributed by atoms with Gasteiger partial charge >= 0.3 is 0 Å². The van der Waals surface area contributed by atoms with Gasteiger partial charge in [-0.3, -0.25) is 0 Å². The third-order valence-electron chi connectivity index (χ3n) is 3.30. The van der Waals surface area contributed by atoms with Crippen molar-refractivity contribution in [2.45, 2.75) is 27.4 Å². The van der Waals surface area contributed by atoms with E-state index in [1.165, 1.54) is 12.1 Å². The van der Waals surface area contributed by atoms with Crippen LogP contribution in [-0.2, 0) is 6.61 Å². The molecule has 1 N–H and O–H groups in total. The van der Waals surface area contributed by atoms with Crippen molar-refractivity contribution in [3.05, 3.63) is 53.0 Å². The van der Waals surface area contributed by atoms with Crippen LogP contribution in [0.15, 0.2) is 30.3 Å². The smallest absolute Gasteiger partial charge is 0.139 e. The van der Waals surface area contributed by atoms with E-state index >= 15 is 0 Å². The molecule has 0 radical (unpaired) electrons. The summed E-state index contributed by atoms with van der Waals surface area (Å²) in [6.07, 6.45) is 0. The minimum atomic E-state index is -0.282. The summed E-state index contributed by atoms with van der Waals surface area (Å²) in [6.45, 7) is 6.40. The van der Waals surface area contributed by atoms with Crippen LogP contribution in [0, 0.1) is 19.7 Å². The summed E-state index contributed by atoms with van der Waals surface area (Å²) >= 11 is 0. The van der Waals surface area contributed by atoms with Crippen LogP contribution in [0.3, 0.4) is 0 Å². The number of benzene rings is 1. The van der Waals surface area contributed by atoms with Crippen molar-refractivity contribution in [3.63, 3.8) is 0 Å². The number of hydrogen-bond acceptors (Lipinski definition) is 3. The fourth-order valence-electron chi connectivity index (χ4n) is 2.36. The molecule has 3 nitrogen and oxygen atoms in total. The Balaban J connectivity index is 2.57. The Morgan fingerprint density at radius 3 is 2.60 bits per heavy atom. The quantitative estimate of drug-likeness (QED) is 0.927. The normalized spacial score (nSPS) is 10.7. The molecule has 2 aromatic rings. The van der Waals surface area contributed by atoms with Crippen molar-refractivity contribution in [1.82, 2.24) is 4.98 Å². The highest BCUT2D eigenvalue weighted by molar-refractivity contribution is 5.64. The van der Waals surface area contributed by atoms with Crippen molar-refractivity contribution in [1.29, 1.82) is 0 Å². The van der Waals surface area contributed by atoms with Gasteiger partial charge in [-0.15, -0.1) is 0 Å². The summed E-state index contributed by atoms with van der Waals surface area (Å²) in [7, 11) is 0. The zero-order chi connectivity index (χ0) is 14.7. The van der Waals surface area contributed by atoms with Gasteiger partial charge in [-0.25, -0.2) is 9.37 Å². The van der Waals surface area contributed by atoms with Gasteiger partial charge in [0.25, 0.3) is 0 Å². The van der Waals surface area contributed by atoms with Crippen molar-refractivity contribution in [3.8, 4) is 0 Å². The van der Waals surface area contributed by atoms with E-state index < -0.39 is 0 Å². The molecule has 1 heterocycles. The van der Waals surface area contributed by atoms with Gasteiger partial charge in [0.05, 0.1) is 6.61 Å². The molecular weight excluding hydrogens is 255 g/mol. The molecular formula is C16H19FN2O. The van der Waals surface area contributed by atoms with Crippen molar-refractivity contribution < 1.29 is 9.50 Å². The lowest BCUT2D eigenvalue weighted by atomic mass is 10.1. The SMILES string of the molecule is CCN(c1cccc(F)c1)c1nc(C)cc(C)c1CO. The van der Waals surface area contributed by atoms with Crippen LogP contribution < -0.4 is 4.90 Å². The average Bonchev–Trinajstić information content (AvgIpc) is 2.39. The molecule has 0 saturated carbocycles. The van der Waals surface area contributed by atoms with Gasteiger partial charge in [-0.2, -0.15) is 0 Å². The molecule has 0 spiro atoms. The minimum absolute atomic E-state index is 0.0831. The van der Waals surface area contributed by atoms with Crippen LogP contribution in [0.1, 0.15) is 23.7 Å². The summed E-state index contributed by atoms with van der Waals surface area (Å²) in [5.41, 5.74) is 3.39. The molecule has 0 saturated heterocycles. The molecule has 2 rings (SSSR count). The molecule has 1 aromatic carbocycles. The van der Waals surface area contributed by atoms with Crippen LogP contribution in [0.4, 0.5) is 15.9 Å². The third-order valence-corrected chi connectivity index (χ3v) is 3.30. The van der Waals surface area contributed by atoms with E-state index in [0.717, 1.165) is 22.5 Å². The molecule has 106 valence electrons. The van der Waals surface area contributed by atoms with E-state index in [9.17, 15) is 9.50 Å². The first-order valence-corrected chi connectivity index (χ1v) is 6.68. The number of halogens is 1. The molecule has 0 unspecified atom stereocenters. The Morgan fingerprint density at radius 1 is 1.25 bits per heavy atom. The topological polar surface area (TPSA) is 36.4 Å². The van der Waals surface area contributed by atoms with Crippen LogP contribution in [0.2, 0.25) is 0 Å². The van der Waals surface area contributed by atoms with Gasteiger partial charge in [0.1, 0.15) is 11.6 Å². The van der Waals surface area contributed by atoms with Crippen LogP contribution in [0.25, 0.3) is 0 Å². The fraction of sp³-hybridized carbons (Fsp3) is 0.312. The van der Waals surface area contributed by atoms with Gasteiger partial charge < -0.3 is 10.0 Å². The van der Waals surface area contributed by atoms with E-state index in [4.69, 9.17) is 0 Å². The maximum Gasteiger partial charge on any atom is 0.139 e. The number of anilines is 2. The molecule has 0 bridgehead atoms. The number of aryl methyl sites for hydroxylation is 2. The lowest BCUT2D eigenvalue weighted by Crippen LogP contribution is -2.20. The Bertz CT molecular complexity index is 613. The molecule has 20 heavy (non-hydrogen) atoms. The molecule has 4 heteroatoms. The monoisotopic (exact) mass is 274 g/mol. The first-order valence-electron chi connectivity index (χ1n) is 6.68. The number of rotatable bonds is 4. The Morgan fingerprint density at radius 2 is 2.00 bits per heavy atom. The Kier molecular flexibility index (Phi) is 4.35. The highest BCUT2D eigenvalue weighted by Crippen LogP contribution is 2.29. The number of aliphatic hydroxyl groups excluding tert-OH is 1. The van der Waals surface area contributed by atoms with E-state index in [0.29, 0.717) is 12.4 Å². The molecule has 0 aliphatic heterocycles. The van der Waals surface area contributed by atoms with E-state index in [2.05, 4.69) is 4.98 Å². The number of hydrogen-bond donors (Lipinski definition) is 1. The summed E-state index contributed by atoms with van der Waals surface area (Å²) in [5, 5.41) is 9.60. The summed E-state index contributed by atoms with van der Waals surface area (Å²) in [5.74, 6) is 0.411. The lowest BCUT2D eigenvalue weighted by molar-refractivity contribution is 0.281. The molecule has 0 amide bonds. The predicted octanol–water partition coefficient (Wildman–Crippen LogP) is 3.49. The van der Waals surface area contributed by atoms with Gasteiger partial charge in [-0.1, -0.05) is 6.07 Å². The van der Waals surface area contributed by atoms with Gasteiger partial charge in [0, 0.05) is 23.5 Å².